The summed E-state index contributed by atoms with van der Waals surface area (Å²) >= 11 is 11.9. The Morgan fingerprint density at radius 2 is 1.81 bits per heavy atom. The van der Waals surface area contributed by atoms with Gasteiger partial charge in [0.05, 0.1) is 23.7 Å². The molecule has 2 aromatic rings. The number of carboxylic acids is 1. The highest BCUT2D eigenvalue weighted by atomic mass is 35.5. The van der Waals surface area contributed by atoms with Crippen molar-refractivity contribution in [3.63, 3.8) is 0 Å². The number of benzene rings is 2. The molecule has 140 valence electrons. The second-order valence-electron chi connectivity index (χ2n) is 5.22. The predicted octanol–water partition coefficient (Wildman–Crippen LogP) is 4.06. The van der Waals surface area contributed by atoms with Gasteiger partial charge >= 0.3 is 5.97 Å². The molecule has 0 radical (unpaired) electrons. The fourth-order valence-corrected chi connectivity index (χ4v) is 4.46. The van der Waals surface area contributed by atoms with Gasteiger partial charge in [-0.2, -0.15) is 0 Å². The third-order valence-electron chi connectivity index (χ3n) is 3.43. The quantitative estimate of drug-likeness (QED) is 0.699. The fourth-order valence-electron chi connectivity index (χ4n) is 2.25. The SMILES string of the molecule is CCOc1ccc(N(CCC(=O)O)S(=O)(=O)c2cc(Cl)ccc2Cl)cc1. The van der Waals surface area contributed by atoms with Crippen molar-refractivity contribution in [2.45, 2.75) is 18.2 Å². The molecule has 9 heteroatoms. The van der Waals surface area contributed by atoms with E-state index in [1.807, 2.05) is 6.92 Å². The van der Waals surface area contributed by atoms with Gasteiger partial charge in [-0.3, -0.25) is 9.10 Å². The molecule has 0 aliphatic rings. The monoisotopic (exact) mass is 417 g/mol. The van der Waals surface area contributed by atoms with Gasteiger partial charge in [-0.15, -0.1) is 0 Å². The second kappa shape index (κ2) is 8.62. The van der Waals surface area contributed by atoms with Crippen molar-refractivity contribution in [2.75, 3.05) is 17.5 Å². The summed E-state index contributed by atoms with van der Waals surface area (Å²) in [6.45, 7) is 2.05. The molecule has 0 saturated heterocycles. The summed E-state index contributed by atoms with van der Waals surface area (Å²) in [6.07, 6.45) is -0.370. The molecule has 0 spiro atoms. The Balaban J connectivity index is 2.49. The normalized spacial score (nSPS) is 11.2. The van der Waals surface area contributed by atoms with Crippen molar-refractivity contribution in [3.8, 4) is 5.75 Å². The summed E-state index contributed by atoms with van der Waals surface area (Å²) in [7, 11) is -4.12. The van der Waals surface area contributed by atoms with Crippen LogP contribution in [0.15, 0.2) is 47.4 Å². The standard InChI is InChI=1S/C17H17Cl2NO5S/c1-2-25-14-6-4-13(5-7-14)20(10-9-17(21)22)26(23,24)16-11-12(18)3-8-15(16)19/h3-8,11H,2,9-10H2,1H3,(H,21,22). The fraction of sp³-hybridized carbons (Fsp3) is 0.235. The summed E-state index contributed by atoms with van der Waals surface area (Å²) in [4.78, 5) is 10.8. The highest BCUT2D eigenvalue weighted by Gasteiger charge is 2.28. The van der Waals surface area contributed by atoms with Crippen LogP contribution in [0.25, 0.3) is 0 Å². The maximum Gasteiger partial charge on any atom is 0.305 e. The summed E-state index contributed by atoms with van der Waals surface area (Å²) < 4.78 is 32.5. The molecule has 0 heterocycles. The molecule has 0 aromatic heterocycles. The highest BCUT2D eigenvalue weighted by molar-refractivity contribution is 7.93. The number of sulfonamides is 1. The van der Waals surface area contributed by atoms with Crippen LogP contribution in [0.1, 0.15) is 13.3 Å². The van der Waals surface area contributed by atoms with Crippen LogP contribution < -0.4 is 9.04 Å². The molecule has 0 unspecified atom stereocenters. The van der Waals surface area contributed by atoms with Gasteiger partial charge in [0, 0.05) is 11.6 Å². The topological polar surface area (TPSA) is 83.9 Å². The third kappa shape index (κ3) is 4.81. The molecule has 0 amide bonds. The first-order chi connectivity index (χ1) is 12.3. The van der Waals surface area contributed by atoms with Gasteiger partial charge in [0.25, 0.3) is 10.0 Å². The van der Waals surface area contributed by atoms with E-state index in [1.165, 1.54) is 18.2 Å². The van der Waals surface area contributed by atoms with Crippen LogP contribution in [0.2, 0.25) is 10.0 Å². The van der Waals surface area contributed by atoms with E-state index in [9.17, 15) is 13.2 Å². The number of anilines is 1. The van der Waals surface area contributed by atoms with E-state index in [1.54, 1.807) is 24.3 Å². The smallest absolute Gasteiger partial charge is 0.305 e. The average molecular weight is 418 g/mol. The predicted molar refractivity (Wildman–Crippen MR) is 101 cm³/mol. The Morgan fingerprint density at radius 3 is 2.38 bits per heavy atom. The molecule has 0 bridgehead atoms. The lowest BCUT2D eigenvalue weighted by molar-refractivity contribution is -0.136. The maximum atomic E-state index is 13.1. The van der Waals surface area contributed by atoms with Crippen LogP contribution >= 0.6 is 23.2 Å². The minimum Gasteiger partial charge on any atom is -0.494 e. The van der Waals surface area contributed by atoms with E-state index >= 15 is 0 Å². The van der Waals surface area contributed by atoms with Gasteiger partial charge in [-0.05, 0) is 49.4 Å². The van der Waals surface area contributed by atoms with E-state index in [-0.39, 0.29) is 27.9 Å². The zero-order chi connectivity index (χ0) is 19.3. The first-order valence-corrected chi connectivity index (χ1v) is 9.87. The lowest BCUT2D eigenvalue weighted by Gasteiger charge is -2.24. The van der Waals surface area contributed by atoms with E-state index in [4.69, 9.17) is 33.0 Å². The van der Waals surface area contributed by atoms with Crippen molar-refractivity contribution < 1.29 is 23.1 Å². The molecule has 0 saturated carbocycles. The van der Waals surface area contributed by atoms with Gasteiger partial charge in [-0.25, -0.2) is 8.42 Å². The number of nitrogens with zero attached hydrogens (tertiary/aromatic N) is 1. The van der Waals surface area contributed by atoms with Crippen LogP contribution in [0, 0.1) is 0 Å². The molecule has 6 nitrogen and oxygen atoms in total. The van der Waals surface area contributed by atoms with E-state index < -0.39 is 16.0 Å². The van der Waals surface area contributed by atoms with Crippen LogP contribution in [-0.4, -0.2) is 32.6 Å². The number of carbonyl (C=O) groups is 1. The van der Waals surface area contributed by atoms with Crippen LogP contribution in [0.5, 0.6) is 5.75 Å². The Kier molecular flexibility index (Phi) is 6.75. The number of rotatable bonds is 8. The van der Waals surface area contributed by atoms with Crippen molar-refractivity contribution in [2.24, 2.45) is 0 Å². The lowest BCUT2D eigenvalue weighted by atomic mass is 10.3. The Hall–Kier alpha value is -1.96. The summed E-state index contributed by atoms with van der Waals surface area (Å²) in [5.41, 5.74) is 0.297. The van der Waals surface area contributed by atoms with Gasteiger partial charge in [0.15, 0.2) is 0 Å². The maximum absolute atomic E-state index is 13.1. The number of carboxylic acid groups (broad SMARTS) is 1. The molecule has 26 heavy (non-hydrogen) atoms. The molecule has 0 atom stereocenters. The minimum atomic E-state index is -4.12. The van der Waals surface area contributed by atoms with Crippen molar-refractivity contribution in [3.05, 3.63) is 52.5 Å². The summed E-state index contributed by atoms with van der Waals surface area (Å²) in [6, 6.07) is 10.4. The molecule has 0 fully saturated rings. The molecule has 0 aliphatic heterocycles. The Morgan fingerprint density at radius 1 is 1.15 bits per heavy atom. The van der Waals surface area contributed by atoms with Crippen LogP contribution in [0.4, 0.5) is 5.69 Å². The Labute approximate surface area is 162 Å². The van der Waals surface area contributed by atoms with E-state index in [2.05, 4.69) is 0 Å². The zero-order valence-corrected chi connectivity index (χ0v) is 16.2. The number of ether oxygens (including phenoxy) is 1. The molecule has 1 N–H and O–H groups in total. The Bertz CT molecular complexity index is 885. The van der Waals surface area contributed by atoms with Crippen LogP contribution in [0.3, 0.4) is 0 Å². The minimum absolute atomic E-state index is 0.000612. The van der Waals surface area contributed by atoms with E-state index in [0.717, 1.165) is 4.31 Å². The molecule has 0 aliphatic carbocycles. The first-order valence-electron chi connectivity index (χ1n) is 7.68. The van der Waals surface area contributed by atoms with Crippen molar-refractivity contribution >= 4 is 44.9 Å². The number of halogens is 2. The van der Waals surface area contributed by atoms with Gasteiger partial charge in [0.1, 0.15) is 10.6 Å². The largest absolute Gasteiger partial charge is 0.494 e. The zero-order valence-electron chi connectivity index (χ0n) is 13.9. The molecule has 2 aromatic carbocycles. The van der Waals surface area contributed by atoms with Crippen molar-refractivity contribution in [1.82, 2.24) is 0 Å². The number of hydrogen-bond donors (Lipinski definition) is 1. The van der Waals surface area contributed by atoms with Crippen molar-refractivity contribution in [1.29, 1.82) is 0 Å². The molecule has 2 rings (SSSR count). The van der Waals surface area contributed by atoms with Gasteiger partial charge < -0.3 is 9.84 Å². The highest BCUT2D eigenvalue weighted by Crippen LogP contribution is 2.31. The van der Waals surface area contributed by atoms with Gasteiger partial charge in [0.2, 0.25) is 0 Å². The first kappa shape index (κ1) is 20.4. The average Bonchev–Trinajstić information content (AvgIpc) is 2.58. The number of aliphatic carboxylic acids is 1. The van der Waals surface area contributed by atoms with Crippen LogP contribution in [-0.2, 0) is 14.8 Å². The summed E-state index contributed by atoms with van der Waals surface area (Å²) in [5.74, 6) is -0.541. The summed E-state index contributed by atoms with van der Waals surface area (Å²) in [5, 5.41) is 9.18. The molecular weight excluding hydrogens is 401 g/mol. The second-order valence-corrected chi connectivity index (χ2v) is 7.90. The van der Waals surface area contributed by atoms with E-state index in [0.29, 0.717) is 18.0 Å². The third-order valence-corrected chi connectivity index (χ3v) is 5.97. The molecular formula is C17H17Cl2NO5S. The van der Waals surface area contributed by atoms with Gasteiger partial charge in [-0.1, -0.05) is 23.2 Å². The lowest BCUT2D eigenvalue weighted by Crippen LogP contribution is -2.33. The number of hydrogen-bond acceptors (Lipinski definition) is 4.